The molecule has 0 aromatic heterocycles. The summed E-state index contributed by atoms with van der Waals surface area (Å²) in [6, 6.07) is 7.01. The Morgan fingerprint density at radius 2 is 2.23 bits per heavy atom. The molecule has 1 saturated carbocycles. The summed E-state index contributed by atoms with van der Waals surface area (Å²) in [4.78, 5) is 11.9. The lowest BCUT2D eigenvalue weighted by atomic mass is 9.69. The maximum atomic E-state index is 11.9. The number of carbonyl (C=O) groups is 1. The largest absolute Gasteiger partial charge is 0.489 e. The fourth-order valence-electron chi connectivity index (χ4n) is 2.14. The van der Waals surface area contributed by atoms with E-state index in [4.69, 9.17) is 33.2 Å². The van der Waals surface area contributed by atoms with Gasteiger partial charge in [0.25, 0.3) is 0 Å². The fourth-order valence-corrected chi connectivity index (χ4v) is 2.49. The summed E-state index contributed by atoms with van der Waals surface area (Å²) >= 11 is 11.8. The number of ether oxygens (including phenoxy) is 1. The molecule has 1 aliphatic rings. The molecule has 1 fully saturated rings. The summed E-state index contributed by atoms with van der Waals surface area (Å²) in [5.41, 5.74) is -0.920. The quantitative estimate of drug-likeness (QED) is 0.832. The summed E-state index contributed by atoms with van der Waals surface area (Å²) in [7, 11) is 0. The van der Waals surface area contributed by atoms with E-state index in [-0.39, 0.29) is 24.1 Å². The number of aliphatic hydroxyl groups is 1. The molecule has 0 aliphatic heterocycles. The molecule has 1 aromatic rings. The highest BCUT2D eigenvalue weighted by Crippen LogP contribution is 2.40. The van der Waals surface area contributed by atoms with Crippen LogP contribution in [0.25, 0.3) is 0 Å². The van der Waals surface area contributed by atoms with E-state index in [9.17, 15) is 9.90 Å². The van der Waals surface area contributed by atoms with Crippen LogP contribution in [0.3, 0.4) is 0 Å². The molecule has 0 spiro atoms. The van der Waals surface area contributed by atoms with E-state index in [1.165, 1.54) is 0 Å². The number of nitrogens with zero attached hydrogens (tertiary/aromatic N) is 1. The smallest absolute Gasteiger partial charge is 0.240 e. The molecule has 0 bridgehead atoms. The summed E-state index contributed by atoms with van der Waals surface area (Å²) in [5.74, 6) is 0.0353. The maximum absolute atomic E-state index is 11.9. The van der Waals surface area contributed by atoms with Gasteiger partial charge in [0.05, 0.1) is 11.1 Å². The van der Waals surface area contributed by atoms with Crippen LogP contribution in [-0.2, 0) is 4.79 Å². The number of nitrogens with one attached hydrogen (secondary N) is 1. The van der Waals surface area contributed by atoms with Gasteiger partial charge in [-0.3, -0.25) is 4.79 Å². The Morgan fingerprint density at radius 1 is 1.50 bits per heavy atom. The lowest BCUT2D eigenvalue weighted by Gasteiger charge is -2.33. The predicted octanol–water partition coefficient (Wildman–Crippen LogP) is 2.54. The van der Waals surface area contributed by atoms with Crippen molar-refractivity contribution in [2.75, 3.05) is 13.2 Å². The number of amides is 1. The first-order chi connectivity index (χ1) is 10.5. The molecule has 5 nitrogen and oxygen atoms in total. The average molecular weight is 343 g/mol. The van der Waals surface area contributed by atoms with Crippen LogP contribution in [0, 0.1) is 16.7 Å². The van der Waals surface area contributed by atoms with Crippen molar-refractivity contribution < 1.29 is 14.6 Å². The molecule has 1 amide bonds. The molecule has 1 unspecified atom stereocenters. The molecule has 22 heavy (non-hydrogen) atoms. The number of nitriles is 1. The van der Waals surface area contributed by atoms with Crippen LogP contribution in [0.15, 0.2) is 18.2 Å². The van der Waals surface area contributed by atoms with Crippen LogP contribution >= 0.6 is 23.2 Å². The monoisotopic (exact) mass is 342 g/mol. The highest BCUT2D eigenvalue weighted by Gasteiger charge is 2.44. The standard InChI is InChI=1S/C15H16Cl2N2O3/c16-11-3-1-4-12(13(11)17)22-8-10(20)7-19-14(21)15(9-18)5-2-6-15/h1,3-4,10,20H,2,5-8H2,(H,19,21). The van der Waals surface area contributed by atoms with Crippen molar-refractivity contribution in [3.05, 3.63) is 28.2 Å². The minimum atomic E-state index is -0.920. The van der Waals surface area contributed by atoms with E-state index < -0.39 is 11.5 Å². The van der Waals surface area contributed by atoms with Crippen LogP contribution in [0.4, 0.5) is 0 Å². The molecule has 1 atom stereocenters. The number of carbonyl (C=O) groups excluding carboxylic acids is 1. The normalized spacial score (nSPS) is 17.0. The van der Waals surface area contributed by atoms with E-state index >= 15 is 0 Å². The molecule has 118 valence electrons. The second-order valence-corrected chi connectivity index (χ2v) is 6.06. The molecule has 0 heterocycles. The van der Waals surface area contributed by atoms with Gasteiger partial charge in [-0.2, -0.15) is 5.26 Å². The van der Waals surface area contributed by atoms with Gasteiger partial charge in [0.15, 0.2) is 0 Å². The molecule has 2 rings (SSSR count). The zero-order valence-corrected chi connectivity index (χ0v) is 13.3. The predicted molar refractivity (Wildman–Crippen MR) is 82.9 cm³/mol. The zero-order valence-electron chi connectivity index (χ0n) is 11.8. The Balaban J connectivity index is 1.79. The van der Waals surface area contributed by atoms with Gasteiger partial charge in [0.2, 0.25) is 5.91 Å². The fraction of sp³-hybridized carbons (Fsp3) is 0.467. The molecule has 0 radical (unpaired) electrons. The van der Waals surface area contributed by atoms with E-state index in [2.05, 4.69) is 11.4 Å². The van der Waals surface area contributed by atoms with Crippen molar-refractivity contribution in [3.8, 4) is 11.8 Å². The molecule has 2 N–H and O–H groups in total. The van der Waals surface area contributed by atoms with Crippen LogP contribution in [0.1, 0.15) is 19.3 Å². The number of rotatable bonds is 6. The van der Waals surface area contributed by atoms with Gasteiger partial charge in [-0.1, -0.05) is 29.3 Å². The Morgan fingerprint density at radius 3 is 2.82 bits per heavy atom. The van der Waals surface area contributed by atoms with Gasteiger partial charge in [0, 0.05) is 6.54 Å². The van der Waals surface area contributed by atoms with Crippen molar-refractivity contribution in [2.24, 2.45) is 5.41 Å². The summed E-state index contributed by atoms with van der Waals surface area (Å²) in [6.45, 7) is -0.0274. The zero-order chi connectivity index (χ0) is 16.2. The highest BCUT2D eigenvalue weighted by atomic mass is 35.5. The first kappa shape index (κ1) is 16.9. The first-order valence-corrected chi connectivity index (χ1v) is 7.68. The Hall–Kier alpha value is -1.48. The second kappa shape index (κ2) is 7.19. The van der Waals surface area contributed by atoms with E-state index in [0.29, 0.717) is 23.6 Å². The number of aliphatic hydroxyl groups excluding tert-OH is 1. The third-order valence-corrected chi connectivity index (χ3v) is 4.50. The van der Waals surface area contributed by atoms with Gasteiger partial charge in [-0.15, -0.1) is 0 Å². The van der Waals surface area contributed by atoms with Crippen LogP contribution < -0.4 is 10.1 Å². The van der Waals surface area contributed by atoms with Gasteiger partial charge in [-0.25, -0.2) is 0 Å². The summed E-state index contributed by atoms with van der Waals surface area (Å²) in [6.07, 6.45) is 1.11. The Bertz CT molecular complexity index is 597. The first-order valence-electron chi connectivity index (χ1n) is 6.93. The van der Waals surface area contributed by atoms with Gasteiger partial charge >= 0.3 is 0 Å². The minimum absolute atomic E-state index is 0.0143. The van der Waals surface area contributed by atoms with E-state index in [1.54, 1.807) is 18.2 Å². The molecule has 7 heteroatoms. The number of hydrogen-bond acceptors (Lipinski definition) is 4. The third kappa shape index (κ3) is 3.64. The number of halogens is 2. The molecular formula is C15H16Cl2N2O3. The summed E-state index contributed by atoms with van der Waals surface area (Å²) in [5, 5.41) is 22.1. The minimum Gasteiger partial charge on any atom is -0.489 e. The van der Waals surface area contributed by atoms with Crippen molar-refractivity contribution >= 4 is 29.1 Å². The highest BCUT2D eigenvalue weighted by molar-refractivity contribution is 6.42. The second-order valence-electron chi connectivity index (χ2n) is 5.27. The van der Waals surface area contributed by atoms with Gasteiger partial charge in [-0.05, 0) is 31.4 Å². The van der Waals surface area contributed by atoms with Gasteiger partial charge in [0.1, 0.15) is 28.9 Å². The van der Waals surface area contributed by atoms with Crippen molar-refractivity contribution in [3.63, 3.8) is 0 Å². The summed E-state index contributed by atoms with van der Waals surface area (Å²) < 4.78 is 5.38. The topological polar surface area (TPSA) is 82.4 Å². The molecular weight excluding hydrogens is 327 g/mol. The van der Waals surface area contributed by atoms with Crippen LogP contribution in [0.2, 0.25) is 10.0 Å². The third-order valence-electron chi connectivity index (χ3n) is 3.70. The SMILES string of the molecule is N#CC1(C(=O)NCC(O)COc2cccc(Cl)c2Cl)CCC1. The molecule has 0 saturated heterocycles. The van der Waals surface area contributed by atoms with Gasteiger partial charge < -0.3 is 15.2 Å². The average Bonchev–Trinajstić information content (AvgIpc) is 2.46. The molecule has 1 aromatic carbocycles. The van der Waals surface area contributed by atoms with Crippen LogP contribution in [-0.4, -0.2) is 30.3 Å². The lowest BCUT2D eigenvalue weighted by molar-refractivity contribution is -0.132. The van der Waals surface area contributed by atoms with E-state index in [0.717, 1.165) is 6.42 Å². The van der Waals surface area contributed by atoms with E-state index in [1.807, 2.05) is 0 Å². The lowest BCUT2D eigenvalue weighted by Crippen LogP contribution is -2.47. The maximum Gasteiger partial charge on any atom is 0.240 e. The van der Waals surface area contributed by atoms with Crippen molar-refractivity contribution in [1.82, 2.24) is 5.32 Å². The van der Waals surface area contributed by atoms with Crippen molar-refractivity contribution in [1.29, 1.82) is 5.26 Å². The Kier molecular flexibility index (Phi) is 5.52. The van der Waals surface area contributed by atoms with Crippen LogP contribution in [0.5, 0.6) is 5.75 Å². The van der Waals surface area contributed by atoms with Crippen molar-refractivity contribution in [2.45, 2.75) is 25.4 Å². The Labute approximate surface area is 138 Å². The number of hydrogen-bond donors (Lipinski definition) is 2. The molecule has 1 aliphatic carbocycles. The number of benzene rings is 1.